The van der Waals surface area contributed by atoms with Crippen LogP contribution in [0.4, 0.5) is 11.9 Å². The van der Waals surface area contributed by atoms with Gasteiger partial charge in [-0.15, -0.1) is 0 Å². The van der Waals surface area contributed by atoms with Crippen LogP contribution in [0.2, 0.25) is 0 Å². The quantitative estimate of drug-likeness (QED) is 0.0745. The molecule has 0 saturated heterocycles. The molecule has 19 nitrogen and oxygen atoms in total. The van der Waals surface area contributed by atoms with E-state index in [1.807, 2.05) is 0 Å². The van der Waals surface area contributed by atoms with Crippen molar-refractivity contribution in [1.29, 1.82) is 0 Å². The number of aliphatic hydroxyl groups excluding tert-OH is 1. The van der Waals surface area contributed by atoms with Crippen molar-refractivity contribution < 1.29 is 42.6 Å². The number of fused-ring (bicyclic) bond motifs is 2. The average molecular weight is 755 g/mol. The standard InChI is InChI=1S/C36H38N10O9/c1-17-27(39-19(3)54-17)33(50)43-35-41-23-13-21(31(37)48)15-25(52-5)29(23)45(35)9-6-7-10-46-30-24(14-22(32(38)49)16-26(30)53-12-8-11-47)42-36(46)44-34(51)28-18(2)55-20(4)40-28/h6-7,13-16,47H,8-12H2,1-5H3,(H2,37,48)(H2,38,49)(H,41,43,50)(H,42,44,51)/b7-6+. The monoisotopic (exact) mass is 754 g/mol. The van der Waals surface area contributed by atoms with Gasteiger partial charge in [0.1, 0.15) is 34.1 Å². The van der Waals surface area contributed by atoms with E-state index in [2.05, 4.69) is 30.6 Å². The number of aryl methyl sites for hydroxylation is 4. The molecule has 19 heteroatoms. The molecule has 4 heterocycles. The number of nitrogens with two attached hydrogens (primary N) is 2. The molecule has 55 heavy (non-hydrogen) atoms. The fourth-order valence-electron chi connectivity index (χ4n) is 5.96. The molecule has 0 spiro atoms. The number of methoxy groups -OCH3 is 1. The van der Waals surface area contributed by atoms with Crippen LogP contribution in [0.5, 0.6) is 11.5 Å². The lowest BCUT2D eigenvalue weighted by molar-refractivity contribution is 0.0991. The number of imidazole rings is 2. The molecule has 0 aliphatic heterocycles. The number of oxazole rings is 2. The zero-order valence-corrected chi connectivity index (χ0v) is 30.6. The Morgan fingerprint density at radius 2 is 1.20 bits per heavy atom. The zero-order chi connectivity index (χ0) is 39.6. The van der Waals surface area contributed by atoms with Gasteiger partial charge in [0.2, 0.25) is 23.7 Å². The van der Waals surface area contributed by atoms with E-state index in [1.54, 1.807) is 49.0 Å². The minimum Gasteiger partial charge on any atom is -0.494 e. The Bertz CT molecular complexity index is 2510. The first-order valence-corrected chi connectivity index (χ1v) is 16.9. The number of hydrogen-bond donors (Lipinski definition) is 5. The van der Waals surface area contributed by atoms with Gasteiger partial charge in [-0.05, 0) is 38.1 Å². The summed E-state index contributed by atoms with van der Waals surface area (Å²) in [5, 5.41) is 15.0. The SMILES string of the molecule is COc1cc(C(N)=O)cc2nc(NC(=O)c3nc(C)oc3C)n(C/C=C/Cn3c(NC(=O)c4nc(C)oc4C)nc4cc(C(N)=O)cc(OCCCO)c43)c12. The number of benzene rings is 2. The van der Waals surface area contributed by atoms with Crippen LogP contribution < -0.4 is 31.6 Å². The Morgan fingerprint density at radius 3 is 1.60 bits per heavy atom. The van der Waals surface area contributed by atoms with Crippen molar-refractivity contribution in [3.8, 4) is 11.5 Å². The van der Waals surface area contributed by atoms with Crippen LogP contribution in [0, 0.1) is 27.7 Å². The normalized spacial score (nSPS) is 11.5. The average Bonchev–Trinajstić information content (AvgIpc) is 3.87. The second-order valence-electron chi connectivity index (χ2n) is 12.3. The molecule has 0 saturated carbocycles. The van der Waals surface area contributed by atoms with Crippen molar-refractivity contribution in [2.75, 3.05) is 31.0 Å². The molecular weight excluding hydrogens is 716 g/mol. The summed E-state index contributed by atoms with van der Waals surface area (Å²) < 4.78 is 25.8. The van der Waals surface area contributed by atoms with Crippen LogP contribution >= 0.6 is 0 Å². The van der Waals surface area contributed by atoms with Crippen LogP contribution in [0.15, 0.2) is 45.3 Å². The molecule has 0 atom stereocenters. The molecule has 6 rings (SSSR count). The zero-order valence-electron chi connectivity index (χ0n) is 30.6. The van der Waals surface area contributed by atoms with Crippen molar-refractivity contribution in [2.45, 2.75) is 47.2 Å². The first-order valence-electron chi connectivity index (χ1n) is 16.9. The van der Waals surface area contributed by atoms with Crippen molar-refractivity contribution in [3.63, 3.8) is 0 Å². The number of anilines is 2. The molecule has 6 aromatic rings. The molecular formula is C36H38N10O9. The van der Waals surface area contributed by atoms with Crippen LogP contribution in [-0.4, -0.2) is 78.1 Å². The maximum atomic E-state index is 13.4. The molecule has 0 bridgehead atoms. The first-order chi connectivity index (χ1) is 26.3. The molecule has 4 amide bonds. The van der Waals surface area contributed by atoms with Gasteiger partial charge in [0.25, 0.3) is 11.8 Å². The van der Waals surface area contributed by atoms with Crippen LogP contribution in [-0.2, 0) is 13.1 Å². The summed E-state index contributed by atoms with van der Waals surface area (Å²) in [6, 6.07) is 5.92. The van der Waals surface area contributed by atoms with E-state index in [0.29, 0.717) is 51.8 Å². The minimum absolute atomic E-state index is 0.0647. The summed E-state index contributed by atoms with van der Waals surface area (Å²) in [4.78, 5) is 68.7. The highest BCUT2D eigenvalue weighted by Crippen LogP contribution is 2.33. The topological polar surface area (TPSA) is 271 Å². The van der Waals surface area contributed by atoms with E-state index in [1.165, 1.54) is 31.4 Å². The molecule has 286 valence electrons. The van der Waals surface area contributed by atoms with Gasteiger partial charge in [0.15, 0.2) is 23.2 Å². The van der Waals surface area contributed by atoms with E-state index in [-0.39, 0.29) is 72.2 Å². The third-order valence-corrected chi connectivity index (χ3v) is 8.39. The molecule has 0 unspecified atom stereocenters. The minimum atomic E-state index is -0.717. The molecule has 0 aliphatic carbocycles. The maximum absolute atomic E-state index is 13.4. The Balaban J connectivity index is 1.41. The van der Waals surface area contributed by atoms with E-state index in [0.717, 1.165) is 0 Å². The number of aromatic nitrogens is 6. The number of nitrogens with one attached hydrogen (secondary N) is 2. The summed E-state index contributed by atoms with van der Waals surface area (Å²) in [6.45, 7) is 6.67. The van der Waals surface area contributed by atoms with Gasteiger partial charge in [-0.1, -0.05) is 12.2 Å². The van der Waals surface area contributed by atoms with Crippen LogP contribution in [0.1, 0.15) is 71.4 Å². The Hall–Kier alpha value is -7.02. The molecule has 2 aromatic carbocycles. The fourth-order valence-corrected chi connectivity index (χ4v) is 5.96. The number of carbonyl (C=O) groups excluding carboxylic acids is 4. The third-order valence-electron chi connectivity index (χ3n) is 8.39. The molecule has 7 N–H and O–H groups in total. The third kappa shape index (κ3) is 7.72. The Labute approximate surface area is 312 Å². The molecule has 0 fully saturated rings. The van der Waals surface area contributed by atoms with Gasteiger partial charge in [0.05, 0.1) is 24.8 Å². The van der Waals surface area contributed by atoms with E-state index < -0.39 is 23.6 Å². The van der Waals surface area contributed by atoms with Crippen molar-refractivity contribution in [2.24, 2.45) is 11.5 Å². The Morgan fingerprint density at radius 1 is 0.745 bits per heavy atom. The van der Waals surface area contributed by atoms with Gasteiger partial charge >= 0.3 is 0 Å². The number of amides is 4. The lowest BCUT2D eigenvalue weighted by Crippen LogP contribution is -2.18. The smallest absolute Gasteiger partial charge is 0.280 e. The number of hydrogen-bond acceptors (Lipinski definition) is 13. The first kappa shape index (κ1) is 37.7. The fraction of sp³-hybridized carbons (Fsp3) is 0.278. The van der Waals surface area contributed by atoms with Gasteiger partial charge in [0, 0.05) is 51.1 Å². The highest BCUT2D eigenvalue weighted by atomic mass is 16.5. The predicted molar refractivity (Wildman–Crippen MR) is 197 cm³/mol. The van der Waals surface area contributed by atoms with Crippen LogP contribution in [0.25, 0.3) is 22.1 Å². The van der Waals surface area contributed by atoms with Gasteiger partial charge in [-0.3, -0.25) is 29.8 Å². The summed E-state index contributed by atoms with van der Waals surface area (Å²) in [6.07, 6.45) is 3.85. The number of nitrogens with zero attached hydrogens (tertiary/aromatic N) is 6. The summed E-state index contributed by atoms with van der Waals surface area (Å²) >= 11 is 0. The number of rotatable bonds is 15. The van der Waals surface area contributed by atoms with E-state index in [4.69, 9.17) is 29.8 Å². The number of carbonyl (C=O) groups is 4. The number of ether oxygens (including phenoxy) is 2. The molecule has 0 aliphatic rings. The number of allylic oxidation sites excluding steroid dienone is 2. The van der Waals surface area contributed by atoms with Crippen molar-refractivity contribution in [3.05, 3.63) is 82.2 Å². The predicted octanol–water partition coefficient (Wildman–Crippen LogP) is 3.32. The highest BCUT2D eigenvalue weighted by molar-refractivity contribution is 6.05. The number of primary amides is 2. The van der Waals surface area contributed by atoms with E-state index in [9.17, 15) is 24.3 Å². The summed E-state index contributed by atoms with van der Waals surface area (Å²) in [5.41, 5.74) is 13.1. The van der Waals surface area contributed by atoms with Crippen molar-refractivity contribution >= 4 is 57.6 Å². The maximum Gasteiger partial charge on any atom is 0.280 e. The Kier molecular flexibility index (Phi) is 10.7. The van der Waals surface area contributed by atoms with E-state index >= 15 is 0 Å². The van der Waals surface area contributed by atoms with Gasteiger partial charge < -0.3 is 44.0 Å². The van der Waals surface area contributed by atoms with Gasteiger partial charge in [-0.25, -0.2) is 19.9 Å². The summed E-state index contributed by atoms with van der Waals surface area (Å²) in [7, 11) is 1.43. The van der Waals surface area contributed by atoms with Crippen molar-refractivity contribution in [1.82, 2.24) is 29.1 Å². The summed E-state index contributed by atoms with van der Waals surface area (Å²) in [5.74, 6) is -0.591. The highest BCUT2D eigenvalue weighted by Gasteiger charge is 2.24. The lowest BCUT2D eigenvalue weighted by Gasteiger charge is -2.13. The number of aliphatic hydroxyl groups is 1. The van der Waals surface area contributed by atoms with Crippen LogP contribution in [0.3, 0.4) is 0 Å². The second-order valence-corrected chi connectivity index (χ2v) is 12.3. The van der Waals surface area contributed by atoms with Gasteiger partial charge in [-0.2, -0.15) is 0 Å². The largest absolute Gasteiger partial charge is 0.494 e. The second kappa shape index (κ2) is 15.5. The molecule has 4 aromatic heterocycles. The molecule has 0 radical (unpaired) electrons. The lowest BCUT2D eigenvalue weighted by atomic mass is 10.1.